The molecule has 2 rings (SSSR count). The fourth-order valence-corrected chi connectivity index (χ4v) is 1.59. The standard InChI is InChI=1S/C11H6BrF2N/c12-9-6-10(13)8(5-11(9)14)7-1-3-15-4-2-7/h1-6H. The minimum absolute atomic E-state index is 0.123. The van der Waals surface area contributed by atoms with E-state index in [0.29, 0.717) is 5.56 Å². The lowest BCUT2D eigenvalue weighted by atomic mass is 10.1. The molecule has 1 heterocycles. The van der Waals surface area contributed by atoms with E-state index in [4.69, 9.17) is 0 Å². The van der Waals surface area contributed by atoms with E-state index >= 15 is 0 Å². The second-order valence-electron chi connectivity index (χ2n) is 2.98. The van der Waals surface area contributed by atoms with Crippen molar-refractivity contribution >= 4 is 15.9 Å². The second kappa shape index (κ2) is 4.06. The maximum Gasteiger partial charge on any atom is 0.138 e. The van der Waals surface area contributed by atoms with E-state index in [0.717, 1.165) is 12.1 Å². The second-order valence-corrected chi connectivity index (χ2v) is 3.84. The van der Waals surface area contributed by atoms with Gasteiger partial charge in [0.2, 0.25) is 0 Å². The molecule has 0 fully saturated rings. The van der Waals surface area contributed by atoms with Gasteiger partial charge in [0.05, 0.1) is 4.47 Å². The average molecular weight is 270 g/mol. The minimum Gasteiger partial charge on any atom is -0.265 e. The number of hydrogen-bond acceptors (Lipinski definition) is 1. The van der Waals surface area contributed by atoms with Crippen molar-refractivity contribution in [2.24, 2.45) is 0 Å². The van der Waals surface area contributed by atoms with Crippen molar-refractivity contribution in [1.82, 2.24) is 4.98 Å². The first-order chi connectivity index (χ1) is 7.18. The highest BCUT2D eigenvalue weighted by Crippen LogP contribution is 2.27. The van der Waals surface area contributed by atoms with Crippen LogP contribution >= 0.6 is 15.9 Å². The Kier molecular flexibility index (Phi) is 2.77. The third kappa shape index (κ3) is 2.04. The molecule has 2 aromatic rings. The number of aromatic nitrogens is 1. The lowest BCUT2D eigenvalue weighted by Gasteiger charge is -2.04. The number of benzene rings is 1. The van der Waals surface area contributed by atoms with Gasteiger partial charge in [0.25, 0.3) is 0 Å². The highest BCUT2D eigenvalue weighted by molar-refractivity contribution is 9.10. The SMILES string of the molecule is Fc1cc(-c2ccncc2)c(F)cc1Br. The number of nitrogens with zero attached hydrogens (tertiary/aromatic N) is 1. The summed E-state index contributed by atoms with van der Waals surface area (Å²) in [5.41, 5.74) is 0.840. The number of hydrogen-bond donors (Lipinski definition) is 0. The Balaban J connectivity index is 2.59. The maximum atomic E-state index is 13.5. The van der Waals surface area contributed by atoms with Crippen LogP contribution in [-0.4, -0.2) is 4.98 Å². The van der Waals surface area contributed by atoms with Crippen molar-refractivity contribution in [3.8, 4) is 11.1 Å². The Morgan fingerprint density at radius 2 is 1.67 bits per heavy atom. The molecule has 1 nitrogen and oxygen atoms in total. The summed E-state index contributed by atoms with van der Waals surface area (Å²) in [6.45, 7) is 0. The van der Waals surface area contributed by atoms with E-state index in [9.17, 15) is 8.78 Å². The molecule has 0 aliphatic carbocycles. The first kappa shape index (κ1) is 10.2. The molecule has 0 bridgehead atoms. The predicted molar refractivity (Wildman–Crippen MR) is 57.3 cm³/mol. The molecule has 76 valence electrons. The fraction of sp³-hybridized carbons (Fsp3) is 0. The highest BCUT2D eigenvalue weighted by Gasteiger charge is 2.09. The molecule has 0 aliphatic rings. The summed E-state index contributed by atoms with van der Waals surface area (Å²) in [4.78, 5) is 3.82. The molecule has 0 saturated heterocycles. The topological polar surface area (TPSA) is 12.9 Å². The van der Waals surface area contributed by atoms with Gasteiger partial charge in [-0.1, -0.05) is 0 Å². The molecule has 0 aliphatic heterocycles. The number of pyridine rings is 1. The average Bonchev–Trinajstić information content (AvgIpc) is 2.25. The highest BCUT2D eigenvalue weighted by atomic mass is 79.9. The Morgan fingerprint density at radius 1 is 1.00 bits per heavy atom. The van der Waals surface area contributed by atoms with Gasteiger partial charge in [-0.15, -0.1) is 0 Å². The molecule has 0 atom stereocenters. The van der Waals surface area contributed by atoms with Crippen molar-refractivity contribution in [1.29, 1.82) is 0 Å². The van der Waals surface area contributed by atoms with Gasteiger partial charge in [-0.2, -0.15) is 0 Å². The lowest BCUT2D eigenvalue weighted by Crippen LogP contribution is -1.88. The lowest BCUT2D eigenvalue weighted by molar-refractivity contribution is 0.597. The van der Waals surface area contributed by atoms with Crippen LogP contribution in [0, 0.1) is 11.6 Å². The van der Waals surface area contributed by atoms with Crippen molar-refractivity contribution in [3.63, 3.8) is 0 Å². The quantitative estimate of drug-likeness (QED) is 0.718. The minimum atomic E-state index is -0.483. The third-order valence-corrected chi connectivity index (χ3v) is 2.61. The molecular formula is C11H6BrF2N. The van der Waals surface area contributed by atoms with Crippen molar-refractivity contribution < 1.29 is 8.78 Å². The monoisotopic (exact) mass is 269 g/mol. The summed E-state index contributed by atoms with van der Waals surface area (Å²) in [5.74, 6) is -0.947. The van der Waals surface area contributed by atoms with Gasteiger partial charge < -0.3 is 0 Å². The molecule has 0 N–H and O–H groups in total. The van der Waals surface area contributed by atoms with Gasteiger partial charge in [0.1, 0.15) is 11.6 Å². The van der Waals surface area contributed by atoms with Crippen LogP contribution in [0.1, 0.15) is 0 Å². The van der Waals surface area contributed by atoms with Crippen LogP contribution in [-0.2, 0) is 0 Å². The Hall–Kier alpha value is -1.29. The van der Waals surface area contributed by atoms with E-state index in [2.05, 4.69) is 20.9 Å². The van der Waals surface area contributed by atoms with Gasteiger partial charge >= 0.3 is 0 Å². The zero-order valence-electron chi connectivity index (χ0n) is 7.55. The van der Waals surface area contributed by atoms with Gasteiger partial charge in [0, 0.05) is 18.0 Å². The summed E-state index contributed by atoms with van der Waals surface area (Å²) in [6.07, 6.45) is 3.07. The van der Waals surface area contributed by atoms with E-state index in [1.807, 2.05) is 0 Å². The van der Waals surface area contributed by atoms with Crippen molar-refractivity contribution in [3.05, 3.63) is 52.8 Å². The van der Waals surface area contributed by atoms with Crippen LogP contribution in [0.25, 0.3) is 11.1 Å². The van der Waals surface area contributed by atoms with Crippen LogP contribution in [0.4, 0.5) is 8.78 Å². The maximum absolute atomic E-state index is 13.5. The summed E-state index contributed by atoms with van der Waals surface area (Å²) in [7, 11) is 0. The van der Waals surface area contributed by atoms with Crippen LogP contribution in [0.3, 0.4) is 0 Å². The third-order valence-electron chi connectivity index (χ3n) is 2.00. The fourth-order valence-electron chi connectivity index (χ4n) is 1.28. The molecule has 0 amide bonds. The van der Waals surface area contributed by atoms with Crippen LogP contribution < -0.4 is 0 Å². The van der Waals surface area contributed by atoms with E-state index in [-0.39, 0.29) is 10.0 Å². The van der Waals surface area contributed by atoms with Crippen LogP contribution in [0.15, 0.2) is 41.1 Å². The first-order valence-electron chi connectivity index (χ1n) is 4.23. The van der Waals surface area contributed by atoms with Crippen LogP contribution in [0.2, 0.25) is 0 Å². The molecule has 0 unspecified atom stereocenters. The Labute approximate surface area is 93.9 Å². The normalized spacial score (nSPS) is 10.3. The Morgan fingerprint density at radius 3 is 2.33 bits per heavy atom. The number of halogens is 3. The largest absolute Gasteiger partial charge is 0.265 e. The van der Waals surface area contributed by atoms with Crippen molar-refractivity contribution in [2.75, 3.05) is 0 Å². The number of rotatable bonds is 1. The molecule has 15 heavy (non-hydrogen) atoms. The molecule has 0 saturated carbocycles. The van der Waals surface area contributed by atoms with Gasteiger partial charge in [-0.05, 0) is 45.8 Å². The molecule has 1 aromatic heterocycles. The molecule has 0 radical (unpaired) electrons. The molecule has 4 heteroatoms. The predicted octanol–water partition coefficient (Wildman–Crippen LogP) is 3.79. The zero-order chi connectivity index (χ0) is 10.8. The van der Waals surface area contributed by atoms with E-state index < -0.39 is 11.6 Å². The summed E-state index contributed by atoms with van der Waals surface area (Å²) in [6, 6.07) is 5.54. The smallest absolute Gasteiger partial charge is 0.138 e. The summed E-state index contributed by atoms with van der Waals surface area (Å²) < 4.78 is 26.8. The van der Waals surface area contributed by atoms with E-state index in [1.165, 1.54) is 12.4 Å². The Bertz CT molecular complexity index is 485. The zero-order valence-corrected chi connectivity index (χ0v) is 9.13. The van der Waals surface area contributed by atoms with Crippen molar-refractivity contribution in [2.45, 2.75) is 0 Å². The molecule has 0 spiro atoms. The summed E-state index contributed by atoms with van der Waals surface area (Å²) in [5, 5.41) is 0. The van der Waals surface area contributed by atoms with Gasteiger partial charge in [0.15, 0.2) is 0 Å². The molecular weight excluding hydrogens is 264 g/mol. The van der Waals surface area contributed by atoms with Gasteiger partial charge in [-0.25, -0.2) is 8.78 Å². The van der Waals surface area contributed by atoms with E-state index in [1.54, 1.807) is 12.1 Å². The van der Waals surface area contributed by atoms with Crippen LogP contribution in [0.5, 0.6) is 0 Å². The molecule has 1 aromatic carbocycles. The van der Waals surface area contributed by atoms with Gasteiger partial charge in [-0.3, -0.25) is 4.98 Å². The first-order valence-corrected chi connectivity index (χ1v) is 5.03. The summed E-state index contributed by atoms with van der Waals surface area (Å²) >= 11 is 2.93.